The molecule has 6 heteroatoms. The van der Waals surface area contributed by atoms with Gasteiger partial charge >= 0.3 is 5.97 Å². The standard InChI is InChI=1S/C22H22Cl2N2O2/c1-3-7-19-21(22(27)28)18(12-14(2)15-8-5-4-6-9-15)25-26(19)20-13-16(23)10-11-17(20)24/h4-6,8-11,13-14H,3,7,12H2,1-2H3,(H,27,28). The summed E-state index contributed by atoms with van der Waals surface area (Å²) >= 11 is 12.5. The largest absolute Gasteiger partial charge is 0.478 e. The van der Waals surface area contributed by atoms with Crippen LogP contribution in [0.15, 0.2) is 48.5 Å². The summed E-state index contributed by atoms with van der Waals surface area (Å²) in [7, 11) is 0. The van der Waals surface area contributed by atoms with Crippen LogP contribution in [0.2, 0.25) is 10.0 Å². The van der Waals surface area contributed by atoms with Crippen LogP contribution in [0.3, 0.4) is 0 Å². The van der Waals surface area contributed by atoms with Gasteiger partial charge in [0.05, 0.1) is 22.1 Å². The summed E-state index contributed by atoms with van der Waals surface area (Å²) in [5.74, 6) is -0.838. The summed E-state index contributed by atoms with van der Waals surface area (Å²) in [6, 6.07) is 15.1. The zero-order valence-electron chi connectivity index (χ0n) is 15.8. The molecule has 1 aromatic heterocycles. The van der Waals surface area contributed by atoms with Crippen LogP contribution < -0.4 is 0 Å². The number of aromatic carboxylic acids is 1. The number of rotatable bonds is 7. The highest BCUT2D eigenvalue weighted by Gasteiger charge is 2.26. The lowest BCUT2D eigenvalue weighted by molar-refractivity contribution is 0.0694. The fourth-order valence-electron chi connectivity index (χ4n) is 3.40. The highest BCUT2D eigenvalue weighted by Crippen LogP contribution is 2.30. The molecule has 3 rings (SSSR count). The zero-order chi connectivity index (χ0) is 20.3. The van der Waals surface area contributed by atoms with Crippen molar-refractivity contribution < 1.29 is 9.90 Å². The van der Waals surface area contributed by atoms with Crippen molar-refractivity contribution in [3.63, 3.8) is 0 Å². The Morgan fingerprint density at radius 1 is 1.18 bits per heavy atom. The topological polar surface area (TPSA) is 55.1 Å². The van der Waals surface area contributed by atoms with Gasteiger partial charge in [-0.05, 0) is 42.5 Å². The van der Waals surface area contributed by atoms with E-state index in [1.54, 1.807) is 22.9 Å². The second-order valence-electron chi connectivity index (χ2n) is 6.85. The minimum absolute atomic E-state index is 0.131. The molecule has 4 nitrogen and oxygen atoms in total. The molecule has 1 atom stereocenters. The maximum Gasteiger partial charge on any atom is 0.339 e. The smallest absolute Gasteiger partial charge is 0.339 e. The van der Waals surface area contributed by atoms with E-state index in [1.165, 1.54) is 0 Å². The molecule has 0 saturated heterocycles. The Hall–Kier alpha value is -2.30. The van der Waals surface area contributed by atoms with Crippen molar-refractivity contribution in [1.29, 1.82) is 0 Å². The van der Waals surface area contributed by atoms with Gasteiger partial charge in [-0.15, -0.1) is 0 Å². The summed E-state index contributed by atoms with van der Waals surface area (Å²) in [6.07, 6.45) is 1.89. The Balaban J connectivity index is 2.12. The maximum absolute atomic E-state index is 12.1. The number of halogens is 2. The van der Waals surface area contributed by atoms with Crippen molar-refractivity contribution in [2.45, 2.75) is 39.0 Å². The van der Waals surface area contributed by atoms with Gasteiger partial charge in [-0.25, -0.2) is 9.48 Å². The molecule has 2 aromatic carbocycles. The molecule has 0 bridgehead atoms. The fourth-order valence-corrected chi connectivity index (χ4v) is 3.76. The molecule has 28 heavy (non-hydrogen) atoms. The molecule has 0 aliphatic rings. The summed E-state index contributed by atoms with van der Waals surface area (Å²) < 4.78 is 1.65. The highest BCUT2D eigenvalue weighted by molar-refractivity contribution is 6.34. The van der Waals surface area contributed by atoms with E-state index in [4.69, 9.17) is 23.2 Å². The van der Waals surface area contributed by atoms with E-state index in [1.807, 2.05) is 37.3 Å². The van der Waals surface area contributed by atoms with Crippen LogP contribution in [-0.4, -0.2) is 20.9 Å². The molecule has 0 aliphatic heterocycles. The first kappa shape index (κ1) is 20.4. The van der Waals surface area contributed by atoms with Crippen LogP contribution in [0, 0.1) is 0 Å². The van der Waals surface area contributed by atoms with Crippen LogP contribution in [0.4, 0.5) is 0 Å². The monoisotopic (exact) mass is 416 g/mol. The third-order valence-corrected chi connectivity index (χ3v) is 5.31. The van der Waals surface area contributed by atoms with Crippen molar-refractivity contribution in [2.75, 3.05) is 0 Å². The zero-order valence-corrected chi connectivity index (χ0v) is 17.3. The molecule has 0 spiro atoms. The van der Waals surface area contributed by atoms with Gasteiger partial charge in [0.1, 0.15) is 5.56 Å². The molecule has 1 heterocycles. The van der Waals surface area contributed by atoms with Crippen LogP contribution in [0.5, 0.6) is 0 Å². The molecule has 146 valence electrons. The van der Waals surface area contributed by atoms with Gasteiger partial charge in [-0.2, -0.15) is 5.10 Å². The lowest BCUT2D eigenvalue weighted by atomic mass is 9.94. The molecule has 0 fully saturated rings. The second-order valence-corrected chi connectivity index (χ2v) is 7.69. The lowest BCUT2D eigenvalue weighted by Crippen LogP contribution is -2.08. The first-order valence-electron chi connectivity index (χ1n) is 9.26. The minimum Gasteiger partial charge on any atom is -0.478 e. The van der Waals surface area contributed by atoms with E-state index in [2.05, 4.69) is 12.0 Å². The Morgan fingerprint density at radius 3 is 2.54 bits per heavy atom. The average Bonchev–Trinajstić information content (AvgIpc) is 3.02. The summed E-state index contributed by atoms with van der Waals surface area (Å²) in [4.78, 5) is 12.1. The predicted octanol–water partition coefficient (Wildman–Crippen LogP) is 6.18. The molecule has 3 aromatic rings. The maximum atomic E-state index is 12.1. The van der Waals surface area contributed by atoms with Crippen LogP contribution in [-0.2, 0) is 12.8 Å². The highest BCUT2D eigenvalue weighted by atomic mass is 35.5. The number of hydrogen-bond acceptors (Lipinski definition) is 2. The lowest BCUT2D eigenvalue weighted by Gasteiger charge is -2.10. The number of aromatic nitrogens is 2. The molecule has 0 saturated carbocycles. The van der Waals surface area contributed by atoms with E-state index in [9.17, 15) is 9.90 Å². The second kappa shape index (κ2) is 8.80. The number of carbonyl (C=O) groups is 1. The van der Waals surface area contributed by atoms with Gasteiger partial charge in [-0.1, -0.05) is 73.8 Å². The number of carboxylic acids is 1. The number of nitrogens with zero attached hydrogens (tertiary/aromatic N) is 2. The fraction of sp³-hybridized carbons (Fsp3) is 0.273. The van der Waals surface area contributed by atoms with Crippen molar-refractivity contribution in [1.82, 2.24) is 9.78 Å². The van der Waals surface area contributed by atoms with Crippen molar-refractivity contribution in [3.8, 4) is 5.69 Å². The first-order valence-corrected chi connectivity index (χ1v) is 10.0. The third kappa shape index (κ3) is 4.23. The molecule has 0 aliphatic carbocycles. The van der Waals surface area contributed by atoms with E-state index >= 15 is 0 Å². The van der Waals surface area contributed by atoms with E-state index < -0.39 is 5.97 Å². The Labute approximate surface area is 174 Å². The van der Waals surface area contributed by atoms with Crippen LogP contribution in [0.1, 0.15) is 53.5 Å². The first-order chi connectivity index (χ1) is 13.4. The van der Waals surface area contributed by atoms with Gasteiger partial charge < -0.3 is 5.11 Å². The number of hydrogen-bond donors (Lipinski definition) is 1. The predicted molar refractivity (Wildman–Crippen MR) is 113 cm³/mol. The van der Waals surface area contributed by atoms with Gasteiger partial charge in [-0.3, -0.25) is 0 Å². The van der Waals surface area contributed by atoms with Gasteiger partial charge in [0.15, 0.2) is 0 Å². The van der Waals surface area contributed by atoms with E-state index in [0.29, 0.717) is 40.0 Å². The molecule has 1 N–H and O–H groups in total. The van der Waals surface area contributed by atoms with Crippen LogP contribution >= 0.6 is 23.2 Å². The van der Waals surface area contributed by atoms with Crippen LogP contribution in [0.25, 0.3) is 5.69 Å². The quantitative estimate of drug-likeness (QED) is 0.500. The summed E-state index contributed by atoms with van der Waals surface area (Å²) in [5.41, 5.74) is 3.21. The number of benzene rings is 2. The molecular formula is C22H22Cl2N2O2. The Kier molecular flexibility index (Phi) is 6.42. The third-order valence-electron chi connectivity index (χ3n) is 4.76. The molecule has 1 unspecified atom stereocenters. The van der Waals surface area contributed by atoms with Crippen molar-refractivity contribution >= 4 is 29.2 Å². The summed E-state index contributed by atoms with van der Waals surface area (Å²) in [5, 5.41) is 15.6. The van der Waals surface area contributed by atoms with Gasteiger partial charge in [0.2, 0.25) is 0 Å². The van der Waals surface area contributed by atoms with E-state index in [-0.39, 0.29) is 11.5 Å². The van der Waals surface area contributed by atoms with Gasteiger partial charge in [0.25, 0.3) is 0 Å². The number of carboxylic acid groups (broad SMARTS) is 1. The Morgan fingerprint density at radius 2 is 1.89 bits per heavy atom. The SMILES string of the molecule is CCCc1c(C(=O)O)c(CC(C)c2ccccc2)nn1-c1cc(Cl)ccc1Cl. The minimum atomic E-state index is -0.969. The average molecular weight is 417 g/mol. The molecular weight excluding hydrogens is 395 g/mol. The summed E-state index contributed by atoms with van der Waals surface area (Å²) in [6.45, 7) is 4.08. The van der Waals surface area contributed by atoms with Crippen molar-refractivity contribution in [3.05, 3.63) is 81.1 Å². The Bertz CT molecular complexity index is 984. The van der Waals surface area contributed by atoms with Gasteiger partial charge in [0, 0.05) is 5.02 Å². The van der Waals surface area contributed by atoms with E-state index in [0.717, 1.165) is 12.0 Å². The van der Waals surface area contributed by atoms with Crippen molar-refractivity contribution in [2.24, 2.45) is 0 Å². The normalized spacial score (nSPS) is 12.1. The molecule has 0 amide bonds. The molecule has 0 radical (unpaired) electrons.